The Kier molecular flexibility index (Phi) is 7.01. The van der Waals surface area contributed by atoms with E-state index in [1.165, 1.54) is 0 Å². The lowest BCUT2D eigenvalue weighted by Crippen LogP contribution is -2.56. The van der Waals surface area contributed by atoms with E-state index in [2.05, 4.69) is 15.6 Å². The lowest BCUT2D eigenvalue weighted by Gasteiger charge is -2.35. The predicted molar refractivity (Wildman–Crippen MR) is 129 cm³/mol. The van der Waals surface area contributed by atoms with Crippen LogP contribution in [-0.4, -0.2) is 72.0 Å². The topological polar surface area (TPSA) is 107 Å². The lowest BCUT2D eigenvalue weighted by atomic mass is 10.2. The number of aromatic nitrogens is 1. The molecule has 0 saturated carbocycles. The molecule has 0 aliphatic carbocycles. The summed E-state index contributed by atoms with van der Waals surface area (Å²) in [6.45, 7) is 3.64. The fourth-order valence-corrected chi connectivity index (χ4v) is 3.94. The van der Waals surface area contributed by atoms with Gasteiger partial charge in [-0.25, -0.2) is 4.79 Å². The Bertz CT molecular complexity index is 1150. The molecule has 0 unspecified atom stereocenters. The van der Waals surface area contributed by atoms with Crippen molar-refractivity contribution in [3.05, 3.63) is 65.9 Å². The quantitative estimate of drug-likeness (QED) is 0.522. The molecule has 4 rings (SSSR count). The number of hydrogen-bond acceptors (Lipinski definition) is 4. The van der Waals surface area contributed by atoms with Gasteiger partial charge < -0.3 is 30.2 Å². The highest BCUT2D eigenvalue weighted by Crippen LogP contribution is 2.17. The number of para-hydroxylation sites is 1. The van der Waals surface area contributed by atoms with E-state index in [1.54, 1.807) is 23.8 Å². The summed E-state index contributed by atoms with van der Waals surface area (Å²) in [6, 6.07) is 16.0. The molecule has 1 aliphatic heterocycles. The van der Waals surface area contributed by atoms with E-state index in [9.17, 15) is 14.4 Å². The Morgan fingerprint density at radius 2 is 1.74 bits per heavy atom. The average Bonchev–Trinajstić information content (AvgIpc) is 3.31. The Hall–Kier alpha value is -4.01. The molecule has 9 heteroatoms. The van der Waals surface area contributed by atoms with Gasteiger partial charge in [0.25, 0.3) is 5.91 Å². The lowest BCUT2D eigenvalue weighted by molar-refractivity contribution is -0.122. The Labute approximate surface area is 198 Å². The van der Waals surface area contributed by atoms with E-state index < -0.39 is 6.04 Å². The first-order chi connectivity index (χ1) is 16.4. The van der Waals surface area contributed by atoms with E-state index in [0.29, 0.717) is 38.4 Å². The van der Waals surface area contributed by atoms with E-state index in [0.717, 1.165) is 22.2 Å². The summed E-state index contributed by atoms with van der Waals surface area (Å²) in [5.74, 6) is 0.362. The van der Waals surface area contributed by atoms with Gasteiger partial charge in [-0.05, 0) is 36.8 Å². The molecule has 1 fully saturated rings. The zero-order valence-corrected chi connectivity index (χ0v) is 19.3. The van der Waals surface area contributed by atoms with Gasteiger partial charge in [0.2, 0.25) is 5.91 Å². The van der Waals surface area contributed by atoms with Gasteiger partial charge in [0.05, 0.1) is 7.11 Å². The van der Waals surface area contributed by atoms with Gasteiger partial charge in [-0.1, -0.05) is 30.3 Å². The molecule has 4 amide bonds. The molecule has 0 bridgehead atoms. The van der Waals surface area contributed by atoms with Crippen molar-refractivity contribution in [1.82, 2.24) is 25.4 Å². The van der Waals surface area contributed by atoms with E-state index in [1.807, 2.05) is 54.6 Å². The molecule has 1 atom stereocenters. The van der Waals surface area contributed by atoms with E-state index in [-0.39, 0.29) is 17.8 Å². The van der Waals surface area contributed by atoms with Gasteiger partial charge in [-0.3, -0.25) is 9.59 Å². The van der Waals surface area contributed by atoms with Crippen LogP contribution in [0.25, 0.3) is 10.9 Å². The maximum Gasteiger partial charge on any atom is 0.318 e. The van der Waals surface area contributed by atoms with Crippen molar-refractivity contribution in [2.45, 2.75) is 19.5 Å². The molecule has 2 heterocycles. The van der Waals surface area contributed by atoms with Crippen LogP contribution in [0.1, 0.15) is 23.0 Å². The number of amides is 4. The van der Waals surface area contributed by atoms with Crippen molar-refractivity contribution < 1.29 is 19.1 Å². The maximum absolute atomic E-state index is 12.9. The normalized spacial score (nSPS) is 14.5. The summed E-state index contributed by atoms with van der Waals surface area (Å²) < 4.78 is 5.19. The summed E-state index contributed by atoms with van der Waals surface area (Å²) in [5.41, 5.74) is 2.37. The number of nitrogens with one attached hydrogen (secondary N) is 3. The first-order valence-electron chi connectivity index (χ1n) is 11.3. The molecule has 1 saturated heterocycles. The second kappa shape index (κ2) is 10.3. The van der Waals surface area contributed by atoms with Crippen LogP contribution in [0.15, 0.2) is 54.6 Å². The number of benzene rings is 2. The number of rotatable bonds is 6. The monoisotopic (exact) mass is 463 g/mol. The minimum absolute atomic E-state index is 0.0819. The third-order valence-corrected chi connectivity index (χ3v) is 5.95. The van der Waals surface area contributed by atoms with Crippen molar-refractivity contribution in [2.75, 3.05) is 33.3 Å². The molecule has 9 nitrogen and oxygen atoms in total. The van der Waals surface area contributed by atoms with Gasteiger partial charge in [0.1, 0.15) is 17.5 Å². The van der Waals surface area contributed by atoms with Crippen LogP contribution in [-0.2, 0) is 11.3 Å². The van der Waals surface area contributed by atoms with Crippen molar-refractivity contribution >= 4 is 28.7 Å². The maximum atomic E-state index is 12.9. The number of fused-ring (bicyclic) bond motifs is 1. The summed E-state index contributed by atoms with van der Waals surface area (Å²) in [5, 5.41) is 6.56. The predicted octanol–water partition coefficient (Wildman–Crippen LogP) is 2.35. The number of hydrogen-bond donors (Lipinski definition) is 3. The SMILES string of the molecule is COc1cccc(CNC(=O)[C@@H](C)NC(=O)N2CCN(C(=O)c3cc4ccccc4[nH]3)CC2)c1. The summed E-state index contributed by atoms with van der Waals surface area (Å²) in [7, 11) is 1.59. The fourth-order valence-electron chi connectivity index (χ4n) is 3.94. The molecule has 3 N–H and O–H groups in total. The minimum Gasteiger partial charge on any atom is -0.497 e. The summed E-state index contributed by atoms with van der Waals surface area (Å²) in [6.07, 6.45) is 0. The molecule has 1 aromatic heterocycles. The van der Waals surface area contributed by atoms with Gasteiger partial charge in [-0.15, -0.1) is 0 Å². The molecule has 3 aromatic rings. The zero-order chi connectivity index (χ0) is 24.1. The van der Waals surface area contributed by atoms with Gasteiger partial charge in [-0.2, -0.15) is 0 Å². The van der Waals surface area contributed by atoms with E-state index >= 15 is 0 Å². The smallest absolute Gasteiger partial charge is 0.318 e. The van der Waals surface area contributed by atoms with Crippen LogP contribution < -0.4 is 15.4 Å². The Morgan fingerprint density at radius 1 is 1.00 bits per heavy atom. The first-order valence-corrected chi connectivity index (χ1v) is 11.3. The van der Waals surface area contributed by atoms with Crippen molar-refractivity contribution in [1.29, 1.82) is 0 Å². The molecule has 2 aromatic carbocycles. The number of methoxy groups -OCH3 is 1. The molecule has 178 valence electrons. The minimum atomic E-state index is -0.691. The third-order valence-electron chi connectivity index (χ3n) is 5.95. The van der Waals surface area contributed by atoms with Gasteiger partial charge in [0, 0.05) is 43.6 Å². The second-order valence-corrected chi connectivity index (χ2v) is 8.29. The van der Waals surface area contributed by atoms with Crippen LogP contribution in [0.4, 0.5) is 4.79 Å². The highest BCUT2D eigenvalue weighted by atomic mass is 16.5. The molecule has 1 aliphatic rings. The van der Waals surface area contributed by atoms with Crippen LogP contribution in [0.3, 0.4) is 0 Å². The largest absolute Gasteiger partial charge is 0.497 e. The van der Waals surface area contributed by atoms with Crippen LogP contribution in [0.2, 0.25) is 0 Å². The van der Waals surface area contributed by atoms with Gasteiger partial charge >= 0.3 is 6.03 Å². The van der Waals surface area contributed by atoms with Crippen molar-refractivity contribution in [3.8, 4) is 5.75 Å². The highest BCUT2D eigenvalue weighted by molar-refractivity contribution is 5.98. The molecular formula is C25H29N5O4. The number of urea groups is 1. The van der Waals surface area contributed by atoms with Crippen LogP contribution in [0.5, 0.6) is 5.75 Å². The second-order valence-electron chi connectivity index (χ2n) is 8.29. The fraction of sp³-hybridized carbons (Fsp3) is 0.320. The van der Waals surface area contributed by atoms with Crippen molar-refractivity contribution in [2.24, 2.45) is 0 Å². The van der Waals surface area contributed by atoms with E-state index in [4.69, 9.17) is 4.74 Å². The average molecular weight is 464 g/mol. The summed E-state index contributed by atoms with van der Waals surface area (Å²) in [4.78, 5) is 44.5. The third kappa shape index (κ3) is 5.31. The molecule has 0 radical (unpaired) electrons. The summed E-state index contributed by atoms with van der Waals surface area (Å²) >= 11 is 0. The number of aromatic amines is 1. The number of nitrogens with zero attached hydrogens (tertiary/aromatic N) is 2. The van der Waals surface area contributed by atoms with Crippen molar-refractivity contribution in [3.63, 3.8) is 0 Å². The Balaban J connectivity index is 1.24. The molecule has 0 spiro atoms. The number of ether oxygens (including phenoxy) is 1. The number of carbonyl (C=O) groups is 3. The van der Waals surface area contributed by atoms with Gasteiger partial charge in [0.15, 0.2) is 0 Å². The highest BCUT2D eigenvalue weighted by Gasteiger charge is 2.27. The number of carbonyl (C=O) groups excluding carboxylic acids is 3. The molecule has 34 heavy (non-hydrogen) atoms. The standard InChI is InChI=1S/C25H29N5O4/c1-17(23(31)26-16-18-6-5-8-20(14-18)34-2)27-25(33)30-12-10-29(11-13-30)24(32)22-15-19-7-3-4-9-21(19)28-22/h3-9,14-15,17,28H,10-13,16H2,1-2H3,(H,26,31)(H,27,33)/t17-/m1/s1. The van der Waals surface area contributed by atoms with Crippen LogP contribution >= 0.6 is 0 Å². The Morgan fingerprint density at radius 3 is 2.47 bits per heavy atom. The van der Waals surface area contributed by atoms with Crippen LogP contribution in [0, 0.1) is 0 Å². The zero-order valence-electron chi connectivity index (χ0n) is 19.3. The number of H-pyrrole nitrogens is 1. The molecular weight excluding hydrogens is 434 g/mol. The first kappa shape index (κ1) is 23.2. The number of piperazine rings is 1.